The van der Waals surface area contributed by atoms with Crippen molar-refractivity contribution >= 4 is 19.6 Å². The van der Waals surface area contributed by atoms with E-state index in [4.69, 9.17) is 4.43 Å². The molecule has 103 valence electrons. The van der Waals surface area contributed by atoms with Crippen molar-refractivity contribution in [1.82, 2.24) is 0 Å². The molecule has 0 N–H and O–H groups in total. The van der Waals surface area contributed by atoms with Gasteiger partial charge in [-0.05, 0) is 5.41 Å². The molecule has 0 aromatic carbocycles. The molecule has 0 saturated heterocycles. The Hall–Kier alpha value is -0.163. The van der Waals surface area contributed by atoms with E-state index in [1.807, 2.05) is 0 Å². The van der Waals surface area contributed by atoms with Crippen LogP contribution in [-0.2, 0) is 22.8 Å². The molecule has 0 spiro atoms. The van der Waals surface area contributed by atoms with Crippen molar-refractivity contribution in [2.24, 2.45) is 5.41 Å². The molecular formula is C7H14F3O5SSi. The van der Waals surface area contributed by atoms with Crippen LogP contribution < -0.4 is 0 Å². The van der Waals surface area contributed by atoms with Gasteiger partial charge in [0.05, 0.1) is 0 Å². The van der Waals surface area contributed by atoms with Crippen LogP contribution in [0.3, 0.4) is 0 Å². The molecule has 0 aromatic rings. The third-order valence-electron chi connectivity index (χ3n) is 1.25. The van der Waals surface area contributed by atoms with Crippen molar-refractivity contribution in [2.75, 3.05) is 13.7 Å². The lowest BCUT2D eigenvalue weighted by Crippen LogP contribution is -2.37. The average molecular weight is 295 g/mol. The van der Waals surface area contributed by atoms with Gasteiger partial charge in [-0.25, -0.2) is 3.87 Å². The van der Waals surface area contributed by atoms with Gasteiger partial charge in [-0.15, -0.1) is 0 Å². The van der Waals surface area contributed by atoms with Gasteiger partial charge in [-0.2, -0.15) is 21.6 Å². The summed E-state index contributed by atoms with van der Waals surface area (Å²) in [5.74, 6) is 0. The molecule has 17 heavy (non-hydrogen) atoms. The van der Waals surface area contributed by atoms with Crippen LogP contribution in [0.15, 0.2) is 0 Å². The van der Waals surface area contributed by atoms with E-state index in [1.54, 1.807) is 20.8 Å². The van der Waals surface area contributed by atoms with Crippen molar-refractivity contribution < 1.29 is 34.3 Å². The highest BCUT2D eigenvalue weighted by atomic mass is 32.2. The third kappa shape index (κ3) is 6.36. The Morgan fingerprint density at radius 3 is 1.94 bits per heavy atom. The van der Waals surface area contributed by atoms with Crippen molar-refractivity contribution in [3.05, 3.63) is 0 Å². The van der Waals surface area contributed by atoms with E-state index >= 15 is 0 Å². The highest BCUT2D eigenvalue weighted by Gasteiger charge is 2.50. The van der Waals surface area contributed by atoms with Crippen LogP contribution in [-0.4, -0.2) is 37.2 Å². The van der Waals surface area contributed by atoms with Gasteiger partial charge in [0.1, 0.15) is 0 Å². The Kier molecular flexibility index (Phi) is 5.60. The quantitative estimate of drug-likeness (QED) is 0.569. The molecule has 0 aliphatic rings. The van der Waals surface area contributed by atoms with Gasteiger partial charge in [0.25, 0.3) is 0 Å². The van der Waals surface area contributed by atoms with Crippen LogP contribution >= 0.6 is 0 Å². The second-order valence-corrected chi connectivity index (χ2v) is 7.52. The van der Waals surface area contributed by atoms with Gasteiger partial charge in [-0.3, -0.25) is 0 Å². The number of rotatable bonds is 5. The van der Waals surface area contributed by atoms with Gasteiger partial charge >= 0.3 is 25.2 Å². The molecule has 0 aliphatic heterocycles. The first kappa shape index (κ1) is 16.8. The second-order valence-electron chi connectivity index (χ2n) is 4.29. The molecule has 0 amide bonds. The van der Waals surface area contributed by atoms with E-state index < -0.39 is 25.2 Å². The monoisotopic (exact) mass is 295 g/mol. The molecule has 0 bridgehead atoms. The predicted molar refractivity (Wildman–Crippen MR) is 54.2 cm³/mol. The minimum atomic E-state index is -5.68. The summed E-state index contributed by atoms with van der Waals surface area (Å²) in [5.41, 5.74) is -5.83. The summed E-state index contributed by atoms with van der Waals surface area (Å²) in [6.45, 7) is 5.31. The third-order valence-corrected chi connectivity index (χ3v) is 3.95. The van der Waals surface area contributed by atoms with Gasteiger partial charge in [0.2, 0.25) is 0 Å². The lowest BCUT2D eigenvalue weighted by Gasteiger charge is -2.20. The van der Waals surface area contributed by atoms with Crippen LogP contribution in [0.25, 0.3) is 0 Å². The van der Waals surface area contributed by atoms with Gasteiger partial charge in [-0.1, -0.05) is 20.8 Å². The Labute approximate surface area is 99.9 Å². The van der Waals surface area contributed by atoms with Gasteiger partial charge in [0, 0.05) is 13.7 Å². The van der Waals surface area contributed by atoms with E-state index in [0.29, 0.717) is 0 Å². The summed E-state index contributed by atoms with van der Waals surface area (Å²) in [7, 11) is -7.63. The summed E-state index contributed by atoms with van der Waals surface area (Å²) in [4.78, 5) is 0. The predicted octanol–water partition coefficient (Wildman–Crippen LogP) is 1.55. The fourth-order valence-corrected chi connectivity index (χ4v) is 2.76. The van der Waals surface area contributed by atoms with Crippen molar-refractivity contribution in [2.45, 2.75) is 26.3 Å². The number of hydrogen-bond donors (Lipinski definition) is 0. The number of alkyl halides is 3. The van der Waals surface area contributed by atoms with Crippen molar-refractivity contribution in [3.63, 3.8) is 0 Å². The molecule has 0 heterocycles. The van der Waals surface area contributed by atoms with Crippen molar-refractivity contribution in [3.8, 4) is 0 Å². The van der Waals surface area contributed by atoms with E-state index in [2.05, 4.69) is 8.30 Å². The maximum absolute atomic E-state index is 12.0. The van der Waals surface area contributed by atoms with Crippen molar-refractivity contribution in [1.29, 1.82) is 0 Å². The van der Waals surface area contributed by atoms with E-state index in [1.165, 1.54) is 0 Å². The van der Waals surface area contributed by atoms with Gasteiger partial charge < -0.3 is 8.85 Å². The Morgan fingerprint density at radius 2 is 1.65 bits per heavy atom. The van der Waals surface area contributed by atoms with Gasteiger partial charge in [0.15, 0.2) is 0 Å². The first-order valence-electron chi connectivity index (χ1n) is 4.43. The zero-order valence-electron chi connectivity index (χ0n) is 9.79. The van der Waals surface area contributed by atoms with E-state index in [9.17, 15) is 21.6 Å². The zero-order valence-corrected chi connectivity index (χ0v) is 11.6. The highest BCUT2D eigenvalue weighted by molar-refractivity contribution is 7.88. The van der Waals surface area contributed by atoms with Crippen LogP contribution in [0.1, 0.15) is 20.8 Å². The van der Waals surface area contributed by atoms with Crippen LogP contribution in [0.2, 0.25) is 0 Å². The summed E-state index contributed by atoms with van der Waals surface area (Å²) < 4.78 is 70.5. The highest BCUT2D eigenvalue weighted by Crippen LogP contribution is 2.25. The Bertz CT molecular complexity index is 334. The Balaban J connectivity index is 4.53. The minimum Gasteiger partial charge on any atom is -0.374 e. The molecule has 0 saturated carbocycles. The first-order chi connectivity index (χ1) is 7.39. The maximum Gasteiger partial charge on any atom is 0.593 e. The lowest BCUT2D eigenvalue weighted by molar-refractivity contribution is -0.0523. The fraction of sp³-hybridized carbons (Fsp3) is 1.00. The van der Waals surface area contributed by atoms with E-state index in [-0.39, 0.29) is 12.0 Å². The number of halogens is 3. The molecule has 1 radical (unpaired) electrons. The molecule has 0 fully saturated rings. The summed E-state index contributed by atoms with van der Waals surface area (Å²) in [6.07, 6.45) is 0. The molecule has 0 rings (SSSR count). The van der Waals surface area contributed by atoms with E-state index in [0.717, 1.165) is 7.11 Å². The number of hydrogen-bond acceptors (Lipinski definition) is 5. The standard InChI is InChI=1S/C7H14F3O5SSi/c1-6(2,3)5-14-17(13-4)15-16(11,12)7(8,9)10/h5H2,1-4H3. The topological polar surface area (TPSA) is 61.8 Å². The first-order valence-corrected chi connectivity index (χ1v) is 7.07. The molecule has 5 nitrogen and oxygen atoms in total. The summed E-state index contributed by atoms with van der Waals surface area (Å²) >= 11 is 0. The molecule has 0 aliphatic carbocycles. The summed E-state index contributed by atoms with van der Waals surface area (Å²) in [6, 6.07) is 0. The smallest absolute Gasteiger partial charge is 0.374 e. The van der Waals surface area contributed by atoms with Crippen LogP contribution in [0.5, 0.6) is 0 Å². The molecule has 0 atom stereocenters. The summed E-state index contributed by atoms with van der Waals surface area (Å²) in [5, 5.41) is 0. The SMILES string of the molecule is CO[Si](OCC(C)(C)C)OS(=O)(=O)C(F)(F)F. The largest absolute Gasteiger partial charge is 0.593 e. The zero-order chi connectivity index (χ0) is 13.9. The van der Waals surface area contributed by atoms with Crippen LogP contribution in [0, 0.1) is 5.41 Å². The molecule has 0 aromatic heterocycles. The molecular weight excluding hydrogens is 281 g/mol. The van der Waals surface area contributed by atoms with Crippen LogP contribution in [0.4, 0.5) is 13.2 Å². The molecule has 0 unspecified atom stereocenters. The fourth-order valence-electron chi connectivity index (χ4n) is 0.529. The minimum absolute atomic E-state index is 0.0164. The normalized spacial score (nSPS) is 14.4. The Morgan fingerprint density at radius 1 is 1.18 bits per heavy atom. The maximum atomic E-state index is 12.0. The second kappa shape index (κ2) is 5.65. The molecule has 10 heteroatoms. The lowest BCUT2D eigenvalue weighted by atomic mass is 9.99. The average Bonchev–Trinajstić information content (AvgIpc) is 2.08.